The second kappa shape index (κ2) is 9.18. The molecule has 0 aliphatic heterocycles. The maximum absolute atomic E-state index is 5.82. The van der Waals surface area contributed by atoms with Crippen molar-refractivity contribution in [2.24, 2.45) is 4.99 Å². The molecule has 1 aromatic carbocycles. The van der Waals surface area contributed by atoms with E-state index < -0.39 is 0 Å². The molecule has 0 spiro atoms. The molecule has 0 saturated carbocycles. The predicted octanol–water partition coefficient (Wildman–Crippen LogP) is 5.15. The molecular weight excluding hydrogens is 434 g/mol. The fourth-order valence-electron chi connectivity index (χ4n) is 1.94. The van der Waals surface area contributed by atoms with E-state index in [0.717, 1.165) is 33.3 Å². The van der Waals surface area contributed by atoms with Gasteiger partial charge in [0.15, 0.2) is 0 Å². The number of aromatic nitrogens is 1. The van der Waals surface area contributed by atoms with Crippen LogP contribution in [0.2, 0.25) is 0 Å². The summed E-state index contributed by atoms with van der Waals surface area (Å²) in [7, 11) is 1.99. The molecule has 0 aliphatic rings. The average Bonchev–Trinajstić information content (AvgIpc) is 2.57. The molecule has 4 nitrogen and oxygen atoms in total. The molecule has 6 heteroatoms. The first kappa shape index (κ1) is 18.9. The van der Waals surface area contributed by atoms with Gasteiger partial charge in [0.2, 0.25) is 5.88 Å². The molecule has 1 heterocycles. The van der Waals surface area contributed by atoms with Crippen LogP contribution in [0.4, 0.5) is 5.69 Å². The van der Waals surface area contributed by atoms with Crippen LogP contribution in [0, 0.1) is 6.92 Å². The Hall–Kier alpha value is -1.40. The van der Waals surface area contributed by atoms with Crippen LogP contribution in [0.5, 0.6) is 5.88 Å². The monoisotopic (exact) mass is 453 g/mol. The third-order valence-corrected chi connectivity index (χ3v) is 4.64. The number of aryl methyl sites for hydroxylation is 1. The highest BCUT2D eigenvalue weighted by Crippen LogP contribution is 2.29. The molecule has 2 rings (SSSR count). The number of pyridine rings is 1. The van der Waals surface area contributed by atoms with Crippen molar-refractivity contribution >= 4 is 43.9 Å². The highest BCUT2D eigenvalue weighted by Gasteiger charge is 2.08. The van der Waals surface area contributed by atoms with Crippen LogP contribution in [0.15, 0.2) is 44.3 Å². The molecule has 0 bridgehead atoms. The minimum absolute atomic E-state index is 0.577. The Labute approximate surface area is 160 Å². The second-order valence-electron chi connectivity index (χ2n) is 5.42. The van der Waals surface area contributed by atoms with E-state index in [4.69, 9.17) is 4.74 Å². The summed E-state index contributed by atoms with van der Waals surface area (Å²) in [4.78, 5) is 11.0. The standard InChI is InChI=1S/C18H21Br2N3O/c1-4-23(3)12-21-17-11-16(20)18(22-13(17)2)24-10-9-14-5-7-15(19)8-6-14/h5-8,11-12H,4,9-10H2,1-3H3. The van der Waals surface area contributed by atoms with Gasteiger partial charge in [-0.1, -0.05) is 28.1 Å². The fraction of sp³-hybridized carbons (Fsp3) is 0.333. The predicted molar refractivity (Wildman–Crippen MR) is 106 cm³/mol. The number of rotatable bonds is 7. The van der Waals surface area contributed by atoms with Crippen molar-refractivity contribution in [2.75, 3.05) is 20.2 Å². The summed E-state index contributed by atoms with van der Waals surface area (Å²) < 4.78 is 7.72. The minimum Gasteiger partial charge on any atom is -0.477 e. The fourth-order valence-corrected chi connectivity index (χ4v) is 2.62. The Balaban J connectivity index is 1.99. The summed E-state index contributed by atoms with van der Waals surface area (Å²) in [5.74, 6) is 0.604. The first-order valence-corrected chi connectivity index (χ1v) is 9.37. The Kier molecular flexibility index (Phi) is 7.24. The summed E-state index contributed by atoms with van der Waals surface area (Å²) in [5, 5.41) is 0. The van der Waals surface area contributed by atoms with Crippen molar-refractivity contribution in [1.82, 2.24) is 9.88 Å². The Bertz CT molecular complexity index is 702. The van der Waals surface area contributed by atoms with E-state index in [1.165, 1.54) is 5.56 Å². The van der Waals surface area contributed by atoms with E-state index in [0.29, 0.717) is 12.5 Å². The van der Waals surface area contributed by atoms with Crippen molar-refractivity contribution in [1.29, 1.82) is 0 Å². The van der Waals surface area contributed by atoms with Crippen LogP contribution < -0.4 is 4.74 Å². The number of aliphatic imine (C=N–C) groups is 1. The maximum atomic E-state index is 5.82. The van der Waals surface area contributed by atoms with Gasteiger partial charge in [0.1, 0.15) is 0 Å². The SMILES string of the molecule is CCN(C)C=Nc1cc(Br)c(OCCc2ccc(Br)cc2)nc1C. The molecule has 0 amide bonds. The summed E-state index contributed by atoms with van der Waals surface area (Å²) in [6.07, 6.45) is 2.65. The molecule has 128 valence electrons. The zero-order valence-corrected chi connectivity index (χ0v) is 17.3. The second-order valence-corrected chi connectivity index (χ2v) is 7.19. The van der Waals surface area contributed by atoms with E-state index >= 15 is 0 Å². The number of ether oxygens (including phenoxy) is 1. The molecule has 24 heavy (non-hydrogen) atoms. The smallest absolute Gasteiger partial charge is 0.228 e. The van der Waals surface area contributed by atoms with Gasteiger partial charge < -0.3 is 9.64 Å². The van der Waals surface area contributed by atoms with Crippen LogP contribution >= 0.6 is 31.9 Å². The van der Waals surface area contributed by atoms with Gasteiger partial charge >= 0.3 is 0 Å². The van der Waals surface area contributed by atoms with Crippen molar-refractivity contribution < 1.29 is 4.74 Å². The third-order valence-electron chi connectivity index (χ3n) is 3.54. The van der Waals surface area contributed by atoms with Crippen molar-refractivity contribution in [3.8, 4) is 5.88 Å². The van der Waals surface area contributed by atoms with Gasteiger partial charge in [-0.3, -0.25) is 0 Å². The molecule has 0 fully saturated rings. The largest absolute Gasteiger partial charge is 0.477 e. The molecule has 0 radical (unpaired) electrons. The average molecular weight is 455 g/mol. The lowest BCUT2D eigenvalue weighted by molar-refractivity contribution is 0.307. The van der Waals surface area contributed by atoms with Gasteiger partial charge in [0, 0.05) is 24.5 Å². The molecule has 0 atom stereocenters. The lowest BCUT2D eigenvalue weighted by Gasteiger charge is -2.11. The van der Waals surface area contributed by atoms with Crippen molar-refractivity contribution in [3.63, 3.8) is 0 Å². The lowest BCUT2D eigenvalue weighted by atomic mass is 10.2. The molecular formula is C18H21Br2N3O. The summed E-state index contributed by atoms with van der Waals surface area (Å²) in [6.45, 7) is 5.50. The van der Waals surface area contributed by atoms with E-state index in [1.54, 1.807) is 0 Å². The Morgan fingerprint density at radius 1 is 1.25 bits per heavy atom. The molecule has 1 aromatic heterocycles. The Morgan fingerprint density at radius 3 is 2.62 bits per heavy atom. The van der Waals surface area contributed by atoms with Crippen LogP contribution in [0.3, 0.4) is 0 Å². The summed E-state index contributed by atoms with van der Waals surface area (Å²) in [6, 6.07) is 10.2. The summed E-state index contributed by atoms with van der Waals surface area (Å²) in [5.41, 5.74) is 2.91. The van der Waals surface area contributed by atoms with Crippen LogP contribution in [-0.2, 0) is 6.42 Å². The number of nitrogens with zero attached hydrogens (tertiary/aromatic N) is 3. The van der Waals surface area contributed by atoms with Gasteiger partial charge in [-0.15, -0.1) is 0 Å². The number of hydrogen-bond donors (Lipinski definition) is 0. The van der Waals surface area contributed by atoms with Crippen molar-refractivity contribution in [3.05, 3.63) is 50.5 Å². The molecule has 0 N–H and O–H groups in total. The van der Waals surface area contributed by atoms with Crippen LogP contribution in [-0.4, -0.2) is 36.4 Å². The first-order chi connectivity index (χ1) is 11.5. The van der Waals surface area contributed by atoms with Gasteiger partial charge in [0.05, 0.1) is 28.8 Å². The topological polar surface area (TPSA) is 37.7 Å². The van der Waals surface area contributed by atoms with E-state index in [9.17, 15) is 0 Å². The third kappa shape index (κ3) is 5.60. The highest BCUT2D eigenvalue weighted by atomic mass is 79.9. The molecule has 0 unspecified atom stereocenters. The van der Waals surface area contributed by atoms with Gasteiger partial charge in [-0.2, -0.15) is 0 Å². The number of hydrogen-bond acceptors (Lipinski definition) is 3. The van der Waals surface area contributed by atoms with E-state index in [-0.39, 0.29) is 0 Å². The zero-order chi connectivity index (χ0) is 17.5. The van der Waals surface area contributed by atoms with E-state index in [1.807, 2.05) is 43.4 Å². The van der Waals surface area contributed by atoms with Crippen LogP contribution in [0.25, 0.3) is 0 Å². The lowest BCUT2D eigenvalue weighted by Crippen LogP contribution is -2.14. The number of halogens is 2. The molecule has 0 saturated heterocycles. The zero-order valence-electron chi connectivity index (χ0n) is 14.1. The van der Waals surface area contributed by atoms with Crippen LogP contribution in [0.1, 0.15) is 18.2 Å². The quantitative estimate of drug-likeness (QED) is 0.429. The van der Waals surface area contributed by atoms with Gasteiger partial charge in [-0.05, 0) is 53.5 Å². The molecule has 0 aliphatic carbocycles. The molecule has 2 aromatic rings. The van der Waals surface area contributed by atoms with Gasteiger partial charge in [-0.25, -0.2) is 9.98 Å². The normalized spacial score (nSPS) is 11.0. The Morgan fingerprint density at radius 2 is 1.96 bits per heavy atom. The maximum Gasteiger partial charge on any atom is 0.228 e. The minimum atomic E-state index is 0.577. The van der Waals surface area contributed by atoms with Crippen molar-refractivity contribution in [2.45, 2.75) is 20.3 Å². The summed E-state index contributed by atoms with van der Waals surface area (Å²) >= 11 is 6.96. The highest BCUT2D eigenvalue weighted by molar-refractivity contribution is 9.10. The van der Waals surface area contributed by atoms with Gasteiger partial charge in [0.25, 0.3) is 0 Å². The van der Waals surface area contributed by atoms with E-state index in [2.05, 4.69) is 60.9 Å². The number of benzene rings is 1. The first-order valence-electron chi connectivity index (χ1n) is 7.78.